The Kier molecular flexibility index (Phi) is 7.02. The summed E-state index contributed by atoms with van der Waals surface area (Å²) in [4.78, 5) is 28.4. The lowest BCUT2D eigenvalue weighted by atomic mass is 9.84. The largest absolute Gasteiger partial charge is 0.507 e. The monoisotopic (exact) mass is 483 g/mol. The van der Waals surface area contributed by atoms with Gasteiger partial charge >= 0.3 is 0 Å². The molecule has 3 aromatic rings. The molecule has 186 valence electrons. The zero-order valence-corrected chi connectivity index (χ0v) is 21.5. The van der Waals surface area contributed by atoms with Crippen molar-refractivity contribution < 1.29 is 19.4 Å². The highest BCUT2D eigenvalue weighted by molar-refractivity contribution is 6.51. The van der Waals surface area contributed by atoms with Gasteiger partial charge in [-0.1, -0.05) is 76.2 Å². The number of hydrogen-bond donors (Lipinski definition) is 1. The van der Waals surface area contributed by atoms with Crippen LogP contribution in [0.4, 0.5) is 5.69 Å². The van der Waals surface area contributed by atoms with Crippen LogP contribution in [0.3, 0.4) is 0 Å². The van der Waals surface area contributed by atoms with E-state index < -0.39 is 17.7 Å². The van der Waals surface area contributed by atoms with Crippen LogP contribution in [0.25, 0.3) is 5.76 Å². The number of amides is 1. The summed E-state index contributed by atoms with van der Waals surface area (Å²) in [5.41, 5.74) is 3.63. The van der Waals surface area contributed by atoms with Gasteiger partial charge in [0.2, 0.25) is 0 Å². The standard InChI is InChI=1S/C31H33NO4/c1-6-17-36-24-14-10-13-23(19-24)32-27(21-11-8-7-9-12-21)26(29(34)30(32)35)28(33)25-18-22(31(3,4)5)16-15-20(25)2/h7-16,18-19,27,33H,6,17H2,1-5H3/b28-26+. The Morgan fingerprint density at radius 3 is 2.36 bits per heavy atom. The van der Waals surface area contributed by atoms with Crippen LogP contribution in [0.1, 0.15) is 62.4 Å². The first kappa shape index (κ1) is 25.2. The third kappa shape index (κ3) is 4.78. The molecule has 1 atom stereocenters. The third-order valence-corrected chi connectivity index (χ3v) is 6.49. The van der Waals surface area contributed by atoms with Crippen molar-refractivity contribution in [3.63, 3.8) is 0 Å². The Morgan fingerprint density at radius 1 is 0.972 bits per heavy atom. The van der Waals surface area contributed by atoms with E-state index in [0.29, 0.717) is 23.6 Å². The molecule has 5 heteroatoms. The molecule has 1 unspecified atom stereocenters. The van der Waals surface area contributed by atoms with E-state index in [4.69, 9.17) is 4.74 Å². The van der Waals surface area contributed by atoms with Gasteiger partial charge in [0, 0.05) is 17.3 Å². The number of aliphatic hydroxyl groups is 1. The summed E-state index contributed by atoms with van der Waals surface area (Å²) in [6, 6.07) is 21.6. The van der Waals surface area contributed by atoms with Gasteiger partial charge in [0.25, 0.3) is 11.7 Å². The van der Waals surface area contributed by atoms with E-state index in [1.807, 2.05) is 68.4 Å². The highest BCUT2D eigenvalue weighted by Gasteiger charge is 2.47. The number of Topliss-reactive ketones (excluding diaryl/α,β-unsaturated/α-hetero) is 1. The molecule has 1 aliphatic rings. The van der Waals surface area contributed by atoms with Gasteiger partial charge in [0.05, 0.1) is 18.2 Å². The van der Waals surface area contributed by atoms with Crippen molar-refractivity contribution in [1.82, 2.24) is 0 Å². The zero-order valence-electron chi connectivity index (χ0n) is 21.5. The molecule has 0 saturated carbocycles. The molecular formula is C31H33NO4. The van der Waals surface area contributed by atoms with E-state index in [0.717, 1.165) is 23.1 Å². The minimum atomic E-state index is -0.773. The predicted molar refractivity (Wildman–Crippen MR) is 143 cm³/mol. The summed E-state index contributed by atoms with van der Waals surface area (Å²) >= 11 is 0. The Labute approximate surface area is 213 Å². The van der Waals surface area contributed by atoms with Crippen LogP contribution in [0.15, 0.2) is 78.4 Å². The number of carbonyl (C=O) groups is 2. The average molecular weight is 484 g/mol. The quantitative estimate of drug-likeness (QED) is 0.240. The number of benzene rings is 3. The Balaban J connectivity index is 1.92. The summed E-state index contributed by atoms with van der Waals surface area (Å²) in [5.74, 6) is -0.923. The number of hydrogen-bond acceptors (Lipinski definition) is 4. The molecule has 1 aliphatic heterocycles. The zero-order chi connectivity index (χ0) is 26.0. The topological polar surface area (TPSA) is 66.8 Å². The molecule has 1 amide bonds. The maximum Gasteiger partial charge on any atom is 0.300 e. The van der Waals surface area contributed by atoms with Gasteiger partial charge in [0.15, 0.2) is 0 Å². The van der Waals surface area contributed by atoms with Crippen molar-refractivity contribution >= 4 is 23.1 Å². The smallest absolute Gasteiger partial charge is 0.300 e. The fourth-order valence-corrected chi connectivity index (χ4v) is 4.48. The van der Waals surface area contributed by atoms with Gasteiger partial charge < -0.3 is 9.84 Å². The molecule has 3 aromatic carbocycles. The van der Waals surface area contributed by atoms with Crippen LogP contribution >= 0.6 is 0 Å². The third-order valence-electron chi connectivity index (χ3n) is 6.49. The van der Waals surface area contributed by atoms with Crippen LogP contribution in [0.2, 0.25) is 0 Å². The van der Waals surface area contributed by atoms with Gasteiger partial charge in [-0.25, -0.2) is 0 Å². The first-order valence-electron chi connectivity index (χ1n) is 12.3. The van der Waals surface area contributed by atoms with Gasteiger partial charge in [-0.15, -0.1) is 0 Å². The molecule has 5 nitrogen and oxygen atoms in total. The van der Waals surface area contributed by atoms with Gasteiger partial charge in [-0.2, -0.15) is 0 Å². The number of anilines is 1. The SMILES string of the molecule is CCCOc1cccc(N2C(=O)C(=O)/C(=C(/O)c3cc(C(C)(C)C)ccc3C)C2c2ccccc2)c1. The number of rotatable bonds is 6. The van der Waals surface area contributed by atoms with Crippen LogP contribution in [-0.4, -0.2) is 23.4 Å². The summed E-state index contributed by atoms with van der Waals surface area (Å²) in [6.07, 6.45) is 0.853. The Hall–Kier alpha value is -3.86. The van der Waals surface area contributed by atoms with E-state index in [1.165, 1.54) is 4.90 Å². The van der Waals surface area contributed by atoms with Gasteiger partial charge in [-0.05, 0) is 53.6 Å². The van der Waals surface area contributed by atoms with Gasteiger partial charge in [-0.3, -0.25) is 14.5 Å². The lowest BCUT2D eigenvalue weighted by Crippen LogP contribution is -2.29. The first-order valence-corrected chi connectivity index (χ1v) is 12.3. The van der Waals surface area contributed by atoms with Crippen molar-refractivity contribution in [2.24, 2.45) is 0 Å². The number of ketones is 1. The molecule has 1 fully saturated rings. The average Bonchev–Trinajstić information content (AvgIpc) is 3.13. The number of aliphatic hydroxyl groups excluding tert-OH is 1. The van der Waals surface area contributed by atoms with Crippen molar-refractivity contribution in [2.75, 3.05) is 11.5 Å². The Morgan fingerprint density at radius 2 is 1.69 bits per heavy atom. The molecule has 0 spiro atoms. The number of ether oxygens (including phenoxy) is 1. The molecule has 0 aliphatic carbocycles. The maximum atomic E-state index is 13.5. The second-order valence-electron chi connectivity index (χ2n) is 10.2. The van der Waals surface area contributed by atoms with E-state index in [2.05, 4.69) is 20.8 Å². The fraction of sp³-hybridized carbons (Fsp3) is 0.290. The van der Waals surface area contributed by atoms with Crippen LogP contribution in [0.5, 0.6) is 5.75 Å². The second kappa shape index (κ2) is 10.0. The number of nitrogens with zero attached hydrogens (tertiary/aromatic N) is 1. The van der Waals surface area contributed by atoms with Gasteiger partial charge in [0.1, 0.15) is 11.5 Å². The lowest BCUT2D eigenvalue weighted by Gasteiger charge is -2.26. The van der Waals surface area contributed by atoms with E-state index >= 15 is 0 Å². The van der Waals surface area contributed by atoms with Crippen molar-refractivity contribution in [3.8, 4) is 5.75 Å². The highest BCUT2D eigenvalue weighted by Crippen LogP contribution is 2.43. The minimum Gasteiger partial charge on any atom is -0.507 e. The number of carbonyl (C=O) groups excluding carboxylic acids is 2. The Bertz CT molecular complexity index is 1320. The first-order chi connectivity index (χ1) is 17.1. The molecular weight excluding hydrogens is 450 g/mol. The maximum absolute atomic E-state index is 13.5. The molecule has 4 rings (SSSR count). The van der Waals surface area contributed by atoms with Crippen LogP contribution in [0, 0.1) is 6.92 Å². The van der Waals surface area contributed by atoms with E-state index in [-0.39, 0.29) is 16.7 Å². The molecule has 0 bridgehead atoms. The predicted octanol–water partition coefficient (Wildman–Crippen LogP) is 6.71. The van der Waals surface area contributed by atoms with Crippen LogP contribution < -0.4 is 9.64 Å². The normalized spacial score (nSPS) is 17.5. The minimum absolute atomic E-state index is 0.0836. The van der Waals surface area contributed by atoms with Crippen LogP contribution in [-0.2, 0) is 15.0 Å². The molecule has 0 radical (unpaired) electrons. The molecule has 1 N–H and O–H groups in total. The lowest BCUT2D eigenvalue weighted by molar-refractivity contribution is -0.132. The second-order valence-corrected chi connectivity index (χ2v) is 10.2. The van der Waals surface area contributed by atoms with E-state index in [1.54, 1.807) is 18.2 Å². The number of aryl methyl sites for hydroxylation is 1. The fourth-order valence-electron chi connectivity index (χ4n) is 4.48. The van der Waals surface area contributed by atoms with E-state index in [9.17, 15) is 14.7 Å². The summed E-state index contributed by atoms with van der Waals surface area (Å²) < 4.78 is 5.78. The summed E-state index contributed by atoms with van der Waals surface area (Å²) in [7, 11) is 0. The summed E-state index contributed by atoms with van der Waals surface area (Å²) in [6.45, 7) is 10.7. The molecule has 36 heavy (non-hydrogen) atoms. The van der Waals surface area contributed by atoms with Crippen molar-refractivity contribution in [2.45, 2.75) is 52.5 Å². The molecule has 1 heterocycles. The van der Waals surface area contributed by atoms with Crippen molar-refractivity contribution in [1.29, 1.82) is 0 Å². The molecule has 0 aromatic heterocycles. The molecule has 1 saturated heterocycles. The van der Waals surface area contributed by atoms with Crippen molar-refractivity contribution in [3.05, 3.63) is 101 Å². The highest BCUT2D eigenvalue weighted by atomic mass is 16.5. The summed E-state index contributed by atoms with van der Waals surface area (Å²) in [5, 5.41) is 11.6.